The van der Waals surface area contributed by atoms with Crippen LogP contribution in [0.5, 0.6) is 0 Å². The summed E-state index contributed by atoms with van der Waals surface area (Å²) in [5.74, 6) is -0.736. The zero-order valence-electron chi connectivity index (χ0n) is 14.5. The molecule has 1 aliphatic rings. The van der Waals surface area contributed by atoms with E-state index >= 15 is 0 Å². The highest BCUT2D eigenvalue weighted by Gasteiger charge is 2.50. The van der Waals surface area contributed by atoms with E-state index in [1.165, 1.54) is 4.90 Å². The SMILES string of the molecule is C=C(C)CN1C(=O)[C@](O)(CC(=O)c2ccc(C)cc2)c2ccccc21. The Kier molecular flexibility index (Phi) is 4.31. The first-order chi connectivity index (χ1) is 11.8. The van der Waals surface area contributed by atoms with Crippen molar-refractivity contribution in [3.8, 4) is 0 Å². The molecule has 4 nitrogen and oxygen atoms in total. The standard InChI is InChI=1S/C21H21NO3/c1-14(2)13-22-18-7-5-4-6-17(18)21(25,20(22)24)12-19(23)16-10-8-15(3)9-11-16/h4-11,25H,1,12-13H2,2-3H3/t21-/m0/s1. The monoisotopic (exact) mass is 335 g/mol. The second kappa shape index (κ2) is 6.30. The van der Waals surface area contributed by atoms with E-state index in [-0.39, 0.29) is 12.2 Å². The van der Waals surface area contributed by atoms with Crippen molar-refractivity contribution in [3.05, 3.63) is 77.4 Å². The molecule has 128 valence electrons. The minimum Gasteiger partial charge on any atom is -0.375 e. The molecule has 1 aliphatic heterocycles. The third kappa shape index (κ3) is 3.01. The van der Waals surface area contributed by atoms with Crippen LogP contribution in [-0.4, -0.2) is 23.3 Å². The Balaban J connectivity index is 1.96. The number of fused-ring (bicyclic) bond motifs is 1. The van der Waals surface area contributed by atoms with Crippen LogP contribution in [-0.2, 0) is 10.4 Å². The largest absolute Gasteiger partial charge is 0.375 e. The second-order valence-electron chi connectivity index (χ2n) is 6.69. The Bertz CT molecular complexity index is 854. The van der Waals surface area contributed by atoms with Crippen LogP contribution in [0.1, 0.15) is 34.8 Å². The highest BCUT2D eigenvalue weighted by atomic mass is 16.3. The van der Waals surface area contributed by atoms with Gasteiger partial charge in [0.15, 0.2) is 11.4 Å². The molecule has 0 fully saturated rings. The molecule has 2 aromatic carbocycles. The highest BCUT2D eigenvalue weighted by molar-refractivity contribution is 6.10. The van der Waals surface area contributed by atoms with E-state index in [2.05, 4.69) is 6.58 Å². The fourth-order valence-corrected chi connectivity index (χ4v) is 3.18. The fraction of sp³-hybridized carbons (Fsp3) is 0.238. The van der Waals surface area contributed by atoms with Crippen LogP contribution in [0.25, 0.3) is 0 Å². The fourth-order valence-electron chi connectivity index (χ4n) is 3.18. The van der Waals surface area contributed by atoms with Gasteiger partial charge in [0.05, 0.1) is 12.1 Å². The van der Waals surface area contributed by atoms with Crippen LogP contribution in [0, 0.1) is 6.92 Å². The van der Waals surface area contributed by atoms with Crippen LogP contribution >= 0.6 is 0 Å². The molecule has 1 N–H and O–H groups in total. The molecule has 1 heterocycles. The lowest BCUT2D eigenvalue weighted by atomic mass is 9.88. The molecule has 3 rings (SSSR count). The summed E-state index contributed by atoms with van der Waals surface area (Å²) in [6.45, 7) is 7.93. The molecule has 25 heavy (non-hydrogen) atoms. The molecule has 1 atom stereocenters. The molecular weight excluding hydrogens is 314 g/mol. The van der Waals surface area contributed by atoms with E-state index < -0.39 is 11.5 Å². The number of carbonyl (C=O) groups is 2. The van der Waals surface area contributed by atoms with Crippen molar-refractivity contribution in [3.63, 3.8) is 0 Å². The molecule has 0 unspecified atom stereocenters. The van der Waals surface area contributed by atoms with Crippen molar-refractivity contribution in [2.24, 2.45) is 0 Å². The maximum atomic E-state index is 12.9. The van der Waals surface area contributed by atoms with E-state index in [9.17, 15) is 14.7 Å². The van der Waals surface area contributed by atoms with Gasteiger partial charge in [-0.1, -0.05) is 60.2 Å². The van der Waals surface area contributed by atoms with Gasteiger partial charge in [-0.05, 0) is 19.9 Å². The normalized spacial score (nSPS) is 19.0. The average Bonchev–Trinajstić information content (AvgIpc) is 2.77. The van der Waals surface area contributed by atoms with Gasteiger partial charge in [-0.3, -0.25) is 9.59 Å². The Hall–Kier alpha value is -2.72. The molecule has 0 radical (unpaired) electrons. The minimum atomic E-state index is -1.84. The van der Waals surface area contributed by atoms with Gasteiger partial charge in [-0.25, -0.2) is 0 Å². The number of benzene rings is 2. The first kappa shape index (κ1) is 17.1. The van der Waals surface area contributed by atoms with Gasteiger partial charge in [0.2, 0.25) is 0 Å². The summed E-state index contributed by atoms with van der Waals surface area (Å²) in [6, 6.07) is 14.2. The predicted octanol–water partition coefficient (Wildman–Crippen LogP) is 3.38. The van der Waals surface area contributed by atoms with Gasteiger partial charge in [-0.2, -0.15) is 0 Å². The van der Waals surface area contributed by atoms with Gasteiger partial charge in [0.25, 0.3) is 5.91 Å². The van der Waals surface area contributed by atoms with Gasteiger partial charge in [0.1, 0.15) is 0 Å². The van der Waals surface area contributed by atoms with E-state index in [4.69, 9.17) is 0 Å². The average molecular weight is 335 g/mol. The smallest absolute Gasteiger partial charge is 0.264 e. The lowest BCUT2D eigenvalue weighted by molar-refractivity contribution is -0.135. The molecular formula is C21H21NO3. The van der Waals surface area contributed by atoms with Gasteiger partial charge in [0, 0.05) is 17.7 Å². The minimum absolute atomic E-state index is 0.261. The van der Waals surface area contributed by atoms with Crippen LogP contribution in [0.4, 0.5) is 5.69 Å². The lowest BCUT2D eigenvalue weighted by Gasteiger charge is -2.23. The van der Waals surface area contributed by atoms with E-state index in [0.717, 1.165) is 11.1 Å². The van der Waals surface area contributed by atoms with Crippen molar-refractivity contribution in [2.45, 2.75) is 25.9 Å². The Morgan fingerprint density at radius 3 is 2.44 bits per heavy atom. The van der Waals surface area contributed by atoms with E-state index in [1.807, 2.05) is 32.0 Å². The van der Waals surface area contributed by atoms with Crippen LogP contribution < -0.4 is 4.90 Å². The molecule has 0 aromatic heterocycles. The summed E-state index contributed by atoms with van der Waals surface area (Å²) in [5, 5.41) is 11.1. The second-order valence-corrected chi connectivity index (χ2v) is 6.69. The first-order valence-electron chi connectivity index (χ1n) is 8.21. The lowest BCUT2D eigenvalue weighted by Crippen LogP contribution is -2.42. The van der Waals surface area contributed by atoms with Crippen LogP contribution in [0.2, 0.25) is 0 Å². The van der Waals surface area contributed by atoms with Crippen molar-refractivity contribution in [1.82, 2.24) is 0 Å². The topological polar surface area (TPSA) is 57.6 Å². The molecule has 1 amide bonds. The van der Waals surface area contributed by atoms with Crippen LogP contribution in [0.15, 0.2) is 60.7 Å². The molecule has 0 saturated heterocycles. The Labute approximate surface area is 147 Å². The number of nitrogens with zero attached hydrogens (tertiary/aromatic N) is 1. The predicted molar refractivity (Wildman–Crippen MR) is 97.6 cm³/mol. The third-order valence-electron chi connectivity index (χ3n) is 4.46. The molecule has 0 saturated carbocycles. The quantitative estimate of drug-likeness (QED) is 0.673. The number of rotatable bonds is 5. The molecule has 0 bridgehead atoms. The molecule has 0 aliphatic carbocycles. The number of hydrogen-bond acceptors (Lipinski definition) is 3. The number of aliphatic hydroxyl groups is 1. The summed E-state index contributed by atoms with van der Waals surface area (Å²) in [6.07, 6.45) is -0.279. The number of hydrogen-bond donors (Lipinski definition) is 1. The summed E-state index contributed by atoms with van der Waals surface area (Å²) >= 11 is 0. The number of amides is 1. The Morgan fingerprint density at radius 1 is 1.16 bits per heavy atom. The van der Waals surface area contributed by atoms with Crippen molar-refractivity contribution in [2.75, 3.05) is 11.4 Å². The first-order valence-corrected chi connectivity index (χ1v) is 8.21. The number of aryl methyl sites for hydroxylation is 1. The summed E-state index contributed by atoms with van der Waals surface area (Å²) in [4.78, 5) is 27.1. The van der Waals surface area contributed by atoms with Crippen molar-refractivity contribution >= 4 is 17.4 Å². The maximum absolute atomic E-state index is 12.9. The Morgan fingerprint density at radius 2 is 1.80 bits per heavy atom. The molecule has 4 heteroatoms. The van der Waals surface area contributed by atoms with Crippen LogP contribution in [0.3, 0.4) is 0 Å². The zero-order valence-corrected chi connectivity index (χ0v) is 14.5. The maximum Gasteiger partial charge on any atom is 0.264 e. The number of ketones is 1. The molecule has 2 aromatic rings. The third-order valence-corrected chi connectivity index (χ3v) is 4.46. The van der Waals surface area contributed by atoms with Gasteiger partial charge in [-0.15, -0.1) is 0 Å². The van der Waals surface area contributed by atoms with Crippen molar-refractivity contribution < 1.29 is 14.7 Å². The zero-order chi connectivity index (χ0) is 18.2. The highest BCUT2D eigenvalue weighted by Crippen LogP contribution is 2.43. The number of Topliss-reactive ketones (excluding diaryl/α,β-unsaturated/α-hetero) is 1. The number of carbonyl (C=O) groups excluding carboxylic acids is 2. The summed E-state index contributed by atoms with van der Waals surface area (Å²) < 4.78 is 0. The van der Waals surface area contributed by atoms with Gasteiger partial charge < -0.3 is 10.0 Å². The number of para-hydroxylation sites is 1. The summed E-state index contributed by atoms with van der Waals surface area (Å²) in [7, 11) is 0. The van der Waals surface area contributed by atoms with E-state index in [0.29, 0.717) is 23.4 Å². The van der Waals surface area contributed by atoms with E-state index in [1.54, 1.807) is 30.3 Å². The van der Waals surface area contributed by atoms with Crippen molar-refractivity contribution in [1.29, 1.82) is 0 Å². The number of anilines is 1. The summed E-state index contributed by atoms with van der Waals surface area (Å²) in [5.41, 5.74) is 1.61. The van der Waals surface area contributed by atoms with Gasteiger partial charge >= 0.3 is 0 Å². The molecule has 0 spiro atoms.